The molecule has 1 aliphatic carbocycles. The van der Waals surface area contributed by atoms with E-state index in [4.69, 9.17) is 9.72 Å². The summed E-state index contributed by atoms with van der Waals surface area (Å²) >= 11 is 0. The molecular formula is C14H21N3O. The Hall–Kier alpha value is -1.16. The molecule has 0 aromatic carbocycles. The smallest absolute Gasteiger partial charge is 0.134 e. The van der Waals surface area contributed by atoms with Crippen LogP contribution < -0.4 is 5.32 Å². The molecule has 1 saturated carbocycles. The van der Waals surface area contributed by atoms with Crippen molar-refractivity contribution in [2.24, 2.45) is 0 Å². The molecule has 1 aromatic rings. The monoisotopic (exact) mass is 247 g/mol. The zero-order valence-electron chi connectivity index (χ0n) is 11.4. The lowest BCUT2D eigenvalue weighted by Gasteiger charge is -2.28. The number of hydrogen-bond acceptors (Lipinski definition) is 4. The molecule has 1 aromatic heterocycles. The molecule has 0 spiro atoms. The highest BCUT2D eigenvalue weighted by Gasteiger charge is 2.29. The van der Waals surface area contributed by atoms with E-state index in [2.05, 4.69) is 37.1 Å². The van der Waals surface area contributed by atoms with Crippen LogP contribution in [0.15, 0.2) is 6.07 Å². The standard InChI is InChI=1S/C14H21N3O/c1-14(2,3)11-6-12(15-10-7-18-8-10)17-13(16-11)9-4-5-9/h6,9-10H,4-5,7-8H2,1-3H3,(H,15,16,17). The molecule has 1 aliphatic heterocycles. The second-order valence-corrected chi connectivity index (χ2v) is 6.40. The number of nitrogens with zero attached hydrogens (tertiary/aromatic N) is 2. The lowest BCUT2D eigenvalue weighted by atomic mass is 9.92. The van der Waals surface area contributed by atoms with Gasteiger partial charge in [0.15, 0.2) is 0 Å². The minimum absolute atomic E-state index is 0.0686. The molecule has 0 radical (unpaired) electrons. The molecule has 0 unspecified atom stereocenters. The SMILES string of the molecule is CC(C)(C)c1cc(NC2COC2)nc(C2CC2)n1. The van der Waals surface area contributed by atoms with E-state index in [1.165, 1.54) is 12.8 Å². The zero-order chi connectivity index (χ0) is 12.8. The summed E-state index contributed by atoms with van der Waals surface area (Å²) in [6.45, 7) is 8.16. The predicted octanol–water partition coefficient (Wildman–Crippen LogP) is 2.46. The van der Waals surface area contributed by atoms with Crippen molar-refractivity contribution in [2.75, 3.05) is 18.5 Å². The number of aromatic nitrogens is 2. The first-order valence-corrected chi connectivity index (χ1v) is 6.76. The van der Waals surface area contributed by atoms with Gasteiger partial charge >= 0.3 is 0 Å². The van der Waals surface area contributed by atoms with E-state index in [1.807, 2.05) is 0 Å². The molecule has 1 saturated heterocycles. The highest BCUT2D eigenvalue weighted by Crippen LogP contribution is 2.39. The quantitative estimate of drug-likeness (QED) is 0.891. The molecule has 18 heavy (non-hydrogen) atoms. The van der Waals surface area contributed by atoms with Crippen molar-refractivity contribution < 1.29 is 4.74 Å². The Morgan fingerprint density at radius 3 is 2.44 bits per heavy atom. The Balaban J connectivity index is 1.88. The molecule has 0 amide bonds. The number of hydrogen-bond donors (Lipinski definition) is 1. The Kier molecular flexibility index (Phi) is 2.77. The lowest BCUT2D eigenvalue weighted by Crippen LogP contribution is -2.40. The molecule has 3 rings (SSSR count). The van der Waals surface area contributed by atoms with Crippen LogP contribution in [0.4, 0.5) is 5.82 Å². The molecule has 4 heteroatoms. The maximum atomic E-state index is 5.19. The topological polar surface area (TPSA) is 47.0 Å². The van der Waals surface area contributed by atoms with Gasteiger partial charge in [-0.25, -0.2) is 9.97 Å². The van der Waals surface area contributed by atoms with Gasteiger partial charge in [0.05, 0.1) is 24.9 Å². The predicted molar refractivity (Wildman–Crippen MR) is 70.9 cm³/mol. The molecule has 0 atom stereocenters. The first-order chi connectivity index (χ1) is 8.52. The first kappa shape index (κ1) is 11.9. The van der Waals surface area contributed by atoms with Gasteiger partial charge in [0.1, 0.15) is 11.6 Å². The summed E-state index contributed by atoms with van der Waals surface area (Å²) in [5.74, 6) is 2.57. The number of ether oxygens (including phenoxy) is 1. The van der Waals surface area contributed by atoms with Gasteiger partial charge in [-0.2, -0.15) is 0 Å². The molecule has 98 valence electrons. The van der Waals surface area contributed by atoms with Gasteiger partial charge in [0.25, 0.3) is 0 Å². The maximum Gasteiger partial charge on any atom is 0.134 e. The third-order valence-corrected chi connectivity index (χ3v) is 3.44. The third-order valence-electron chi connectivity index (χ3n) is 3.44. The van der Waals surface area contributed by atoms with Crippen LogP contribution >= 0.6 is 0 Å². The van der Waals surface area contributed by atoms with E-state index in [0.29, 0.717) is 12.0 Å². The highest BCUT2D eigenvalue weighted by molar-refractivity contribution is 5.40. The zero-order valence-corrected chi connectivity index (χ0v) is 11.4. The second kappa shape index (κ2) is 4.19. The van der Waals surface area contributed by atoms with Gasteiger partial charge in [0.2, 0.25) is 0 Å². The Bertz CT molecular complexity index is 445. The van der Waals surface area contributed by atoms with Crippen molar-refractivity contribution in [2.45, 2.75) is 51.0 Å². The molecular weight excluding hydrogens is 226 g/mol. The summed E-state index contributed by atoms with van der Waals surface area (Å²) in [7, 11) is 0. The van der Waals surface area contributed by atoms with E-state index < -0.39 is 0 Å². The number of rotatable bonds is 3. The fourth-order valence-electron chi connectivity index (χ4n) is 1.98. The van der Waals surface area contributed by atoms with E-state index in [9.17, 15) is 0 Å². The minimum Gasteiger partial charge on any atom is -0.377 e. The van der Waals surface area contributed by atoms with Crippen LogP contribution in [-0.4, -0.2) is 29.2 Å². The molecule has 0 bridgehead atoms. The second-order valence-electron chi connectivity index (χ2n) is 6.40. The lowest BCUT2D eigenvalue weighted by molar-refractivity contribution is 0.0209. The summed E-state index contributed by atoms with van der Waals surface area (Å²) in [5, 5.41) is 3.44. The summed E-state index contributed by atoms with van der Waals surface area (Å²) in [6.07, 6.45) is 2.47. The molecule has 2 heterocycles. The molecule has 1 N–H and O–H groups in total. The molecule has 2 aliphatic rings. The van der Waals surface area contributed by atoms with E-state index >= 15 is 0 Å². The van der Waals surface area contributed by atoms with Crippen LogP contribution in [0.25, 0.3) is 0 Å². The third kappa shape index (κ3) is 2.48. The van der Waals surface area contributed by atoms with E-state index in [-0.39, 0.29) is 5.41 Å². The van der Waals surface area contributed by atoms with Crippen molar-refractivity contribution in [3.05, 3.63) is 17.6 Å². The summed E-state index contributed by atoms with van der Waals surface area (Å²) < 4.78 is 5.19. The van der Waals surface area contributed by atoms with Gasteiger partial charge in [0, 0.05) is 17.4 Å². The van der Waals surface area contributed by atoms with E-state index in [1.54, 1.807) is 0 Å². The van der Waals surface area contributed by atoms with Crippen LogP contribution in [0.5, 0.6) is 0 Å². The van der Waals surface area contributed by atoms with Gasteiger partial charge in [-0.15, -0.1) is 0 Å². The van der Waals surface area contributed by atoms with Gasteiger partial charge in [-0.05, 0) is 12.8 Å². The number of anilines is 1. The van der Waals surface area contributed by atoms with Crippen molar-refractivity contribution in [3.63, 3.8) is 0 Å². The van der Waals surface area contributed by atoms with Gasteiger partial charge in [-0.1, -0.05) is 20.8 Å². The van der Waals surface area contributed by atoms with Crippen LogP contribution in [0.1, 0.15) is 51.0 Å². The summed E-state index contributed by atoms with van der Waals surface area (Å²) in [4.78, 5) is 9.39. The van der Waals surface area contributed by atoms with Crippen molar-refractivity contribution in [1.82, 2.24) is 9.97 Å². The normalized spacial score (nSPS) is 20.6. The first-order valence-electron chi connectivity index (χ1n) is 6.76. The van der Waals surface area contributed by atoms with Gasteiger partial charge < -0.3 is 10.1 Å². The molecule has 4 nitrogen and oxygen atoms in total. The van der Waals surface area contributed by atoms with E-state index in [0.717, 1.165) is 30.5 Å². The van der Waals surface area contributed by atoms with Crippen LogP contribution in [-0.2, 0) is 10.2 Å². The molecule has 2 fully saturated rings. The minimum atomic E-state index is 0.0686. The Morgan fingerprint density at radius 1 is 1.22 bits per heavy atom. The Morgan fingerprint density at radius 2 is 1.94 bits per heavy atom. The van der Waals surface area contributed by atoms with Crippen LogP contribution in [0.3, 0.4) is 0 Å². The maximum absolute atomic E-state index is 5.19. The van der Waals surface area contributed by atoms with Crippen molar-refractivity contribution >= 4 is 5.82 Å². The van der Waals surface area contributed by atoms with Crippen molar-refractivity contribution in [3.8, 4) is 0 Å². The van der Waals surface area contributed by atoms with Crippen LogP contribution in [0.2, 0.25) is 0 Å². The average molecular weight is 247 g/mol. The Labute approximate surface area is 108 Å². The largest absolute Gasteiger partial charge is 0.377 e. The average Bonchev–Trinajstić information content (AvgIpc) is 3.05. The summed E-state index contributed by atoms with van der Waals surface area (Å²) in [5.41, 5.74) is 1.20. The summed E-state index contributed by atoms with van der Waals surface area (Å²) in [6, 6.07) is 2.50. The number of nitrogens with one attached hydrogen (secondary N) is 1. The van der Waals surface area contributed by atoms with Crippen molar-refractivity contribution in [1.29, 1.82) is 0 Å². The van der Waals surface area contributed by atoms with Crippen LogP contribution in [0, 0.1) is 0 Å². The highest BCUT2D eigenvalue weighted by atomic mass is 16.5. The van der Waals surface area contributed by atoms with Gasteiger partial charge in [-0.3, -0.25) is 0 Å². The fourth-order valence-corrected chi connectivity index (χ4v) is 1.98. The fraction of sp³-hybridized carbons (Fsp3) is 0.714.